The van der Waals surface area contributed by atoms with E-state index >= 15 is 0 Å². The zero-order valence-corrected chi connectivity index (χ0v) is 17.1. The summed E-state index contributed by atoms with van der Waals surface area (Å²) in [7, 11) is 1.93. The third-order valence-electron chi connectivity index (χ3n) is 4.75. The fourth-order valence-electron chi connectivity index (χ4n) is 3.09. The number of anilines is 3. The molecular formula is C24H26N4O2. The van der Waals surface area contributed by atoms with Gasteiger partial charge in [0.2, 0.25) is 5.91 Å². The summed E-state index contributed by atoms with van der Waals surface area (Å²) in [6.45, 7) is 2.76. The second-order valence-corrected chi connectivity index (χ2v) is 6.90. The molecule has 0 aliphatic rings. The second kappa shape index (κ2) is 10.2. The first-order valence-electron chi connectivity index (χ1n) is 9.86. The van der Waals surface area contributed by atoms with Gasteiger partial charge in [0, 0.05) is 17.1 Å². The summed E-state index contributed by atoms with van der Waals surface area (Å²) < 4.78 is 0. The molecule has 154 valence electrons. The predicted molar refractivity (Wildman–Crippen MR) is 122 cm³/mol. The maximum absolute atomic E-state index is 12.9. The van der Waals surface area contributed by atoms with Crippen LogP contribution < -0.4 is 16.0 Å². The molecule has 0 bridgehead atoms. The number of para-hydroxylation sites is 1. The monoisotopic (exact) mass is 402 g/mol. The number of hydrogen-bond acceptors (Lipinski definition) is 3. The maximum atomic E-state index is 12.9. The minimum absolute atomic E-state index is 0.104. The van der Waals surface area contributed by atoms with Gasteiger partial charge in [0.1, 0.15) is 6.04 Å². The molecule has 3 rings (SSSR count). The molecule has 0 spiro atoms. The Hall–Kier alpha value is -3.64. The van der Waals surface area contributed by atoms with E-state index in [0.717, 1.165) is 12.1 Å². The van der Waals surface area contributed by atoms with E-state index < -0.39 is 0 Å². The number of likely N-dealkylation sites (N-methyl/N-ethyl adjacent to an activating group) is 1. The zero-order chi connectivity index (χ0) is 21.3. The Balaban J connectivity index is 1.62. The number of rotatable bonds is 7. The van der Waals surface area contributed by atoms with Crippen LogP contribution in [-0.2, 0) is 4.79 Å². The third-order valence-corrected chi connectivity index (χ3v) is 4.75. The number of nitrogens with one attached hydrogen (secondary N) is 3. The Morgan fingerprint density at radius 3 is 1.73 bits per heavy atom. The number of carbonyl (C=O) groups is 2. The molecule has 6 heteroatoms. The van der Waals surface area contributed by atoms with E-state index in [1.165, 1.54) is 0 Å². The summed E-state index contributed by atoms with van der Waals surface area (Å²) in [6, 6.07) is 25.2. The fourth-order valence-corrected chi connectivity index (χ4v) is 3.09. The van der Waals surface area contributed by atoms with Crippen LogP contribution in [0, 0.1) is 0 Å². The topological polar surface area (TPSA) is 73.5 Å². The van der Waals surface area contributed by atoms with Crippen molar-refractivity contribution in [2.24, 2.45) is 0 Å². The van der Waals surface area contributed by atoms with Gasteiger partial charge < -0.3 is 16.0 Å². The number of nitrogens with zero attached hydrogens (tertiary/aromatic N) is 1. The van der Waals surface area contributed by atoms with Crippen molar-refractivity contribution in [3.8, 4) is 0 Å². The smallest absolute Gasteiger partial charge is 0.323 e. The van der Waals surface area contributed by atoms with Gasteiger partial charge in [0.05, 0.1) is 0 Å². The summed E-state index contributed by atoms with van der Waals surface area (Å²) in [6.07, 6.45) is 0. The summed E-state index contributed by atoms with van der Waals surface area (Å²) in [4.78, 5) is 27.0. The molecule has 0 saturated carbocycles. The van der Waals surface area contributed by atoms with E-state index in [2.05, 4.69) is 16.0 Å². The van der Waals surface area contributed by atoms with Gasteiger partial charge in [-0.2, -0.15) is 0 Å². The van der Waals surface area contributed by atoms with E-state index in [1.54, 1.807) is 24.3 Å². The first-order valence-corrected chi connectivity index (χ1v) is 9.86. The van der Waals surface area contributed by atoms with Crippen LogP contribution in [0.25, 0.3) is 0 Å². The lowest BCUT2D eigenvalue weighted by Gasteiger charge is -2.26. The van der Waals surface area contributed by atoms with Gasteiger partial charge in [-0.05, 0) is 55.6 Å². The van der Waals surface area contributed by atoms with Gasteiger partial charge in [-0.3, -0.25) is 9.69 Å². The second-order valence-electron chi connectivity index (χ2n) is 6.90. The van der Waals surface area contributed by atoms with Crippen molar-refractivity contribution >= 4 is 29.0 Å². The van der Waals surface area contributed by atoms with Gasteiger partial charge in [-0.1, -0.05) is 55.5 Å². The lowest BCUT2D eigenvalue weighted by Crippen LogP contribution is -2.34. The van der Waals surface area contributed by atoms with E-state index in [1.807, 2.05) is 79.5 Å². The molecule has 0 heterocycles. The molecule has 3 amide bonds. The number of urea groups is 1. The quantitative estimate of drug-likeness (QED) is 0.523. The van der Waals surface area contributed by atoms with Crippen molar-refractivity contribution in [1.29, 1.82) is 0 Å². The number of amides is 3. The van der Waals surface area contributed by atoms with Crippen LogP contribution in [0.2, 0.25) is 0 Å². The normalized spacial score (nSPS) is 11.6. The molecule has 0 saturated heterocycles. The molecule has 6 nitrogen and oxygen atoms in total. The lowest BCUT2D eigenvalue weighted by molar-refractivity contribution is -0.121. The van der Waals surface area contributed by atoms with Gasteiger partial charge in [-0.25, -0.2) is 4.79 Å². The van der Waals surface area contributed by atoms with Crippen LogP contribution in [0.15, 0.2) is 84.9 Å². The zero-order valence-electron chi connectivity index (χ0n) is 17.1. The highest BCUT2D eigenvalue weighted by molar-refractivity contribution is 6.00. The highest BCUT2D eigenvalue weighted by Gasteiger charge is 2.24. The van der Waals surface area contributed by atoms with Crippen LogP contribution >= 0.6 is 0 Å². The van der Waals surface area contributed by atoms with Crippen molar-refractivity contribution in [3.05, 3.63) is 90.5 Å². The summed E-state index contributed by atoms with van der Waals surface area (Å²) in [5.41, 5.74) is 2.95. The molecule has 0 aliphatic carbocycles. The molecule has 1 unspecified atom stereocenters. The van der Waals surface area contributed by atoms with Crippen molar-refractivity contribution < 1.29 is 9.59 Å². The van der Waals surface area contributed by atoms with Gasteiger partial charge in [0.15, 0.2) is 0 Å². The Morgan fingerprint density at radius 1 is 0.733 bits per heavy atom. The minimum atomic E-state index is -0.384. The highest BCUT2D eigenvalue weighted by atomic mass is 16.2. The SMILES string of the molecule is CCN(C)C(C(=O)Nc1ccc(NC(=O)Nc2ccccc2)cc1)c1ccccc1. The first kappa shape index (κ1) is 21.1. The molecule has 1 atom stereocenters. The Kier molecular flexibility index (Phi) is 7.19. The van der Waals surface area contributed by atoms with Crippen molar-refractivity contribution in [1.82, 2.24) is 4.90 Å². The van der Waals surface area contributed by atoms with Crippen LogP contribution in [0.4, 0.5) is 21.9 Å². The van der Waals surface area contributed by atoms with Crippen LogP contribution in [0.1, 0.15) is 18.5 Å². The van der Waals surface area contributed by atoms with Crippen molar-refractivity contribution in [2.75, 3.05) is 29.5 Å². The Morgan fingerprint density at radius 2 is 1.20 bits per heavy atom. The van der Waals surface area contributed by atoms with Crippen LogP contribution in [0.5, 0.6) is 0 Å². The average Bonchev–Trinajstić information content (AvgIpc) is 2.76. The molecule has 0 fully saturated rings. The molecule has 0 radical (unpaired) electrons. The fraction of sp³-hybridized carbons (Fsp3) is 0.167. The van der Waals surface area contributed by atoms with Gasteiger partial charge >= 0.3 is 6.03 Å². The highest BCUT2D eigenvalue weighted by Crippen LogP contribution is 2.22. The van der Waals surface area contributed by atoms with Crippen molar-refractivity contribution in [2.45, 2.75) is 13.0 Å². The minimum Gasteiger partial charge on any atom is -0.324 e. The number of benzene rings is 3. The number of hydrogen-bond donors (Lipinski definition) is 3. The van der Waals surface area contributed by atoms with Crippen LogP contribution in [-0.4, -0.2) is 30.4 Å². The third kappa shape index (κ3) is 5.68. The van der Waals surface area contributed by atoms with Crippen molar-refractivity contribution in [3.63, 3.8) is 0 Å². The summed E-state index contributed by atoms with van der Waals surface area (Å²) in [5, 5.41) is 8.51. The molecule has 0 aliphatic heterocycles. The standard InChI is InChI=1S/C24H26N4O2/c1-3-28(2)22(18-10-6-4-7-11-18)23(29)25-20-14-16-21(17-15-20)27-24(30)26-19-12-8-5-9-13-19/h4-17,22H,3H2,1-2H3,(H,25,29)(H2,26,27,30). The molecule has 0 aromatic heterocycles. The lowest BCUT2D eigenvalue weighted by atomic mass is 10.0. The average molecular weight is 402 g/mol. The first-order chi connectivity index (χ1) is 14.6. The van der Waals surface area contributed by atoms with E-state index in [4.69, 9.17) is 0 Å². The summed E-state index contributed by atoms with van der Waals surface area (Å²) in [5.74, 6) is -0.104. The largest absolute Gasteiger partial charge is 0.324 e. The Bertz CT molecular complexity index is 960. The van der Waals surface area contributed by atoms with E-state index in [9.17, 15) is 9.59 Å². The molecule has 3 aromatic rings. The molecular weight excluding hydrogens is 376 g/mol. The van der Waals surface area contributed by atoms with Gasteiger partial charge in [0.25, 0.3) is 0 Å². The van der Waals surface area contributed by atoms with E-state index in [0.29, 0.717) is 17.1 Å². The maximum Gasteiger partial charge on any atom is 0.323 e. The Labute approximate surface area is 176 Å². The number of carbonyl (C=O) groups excluding carboxylic acids is 2. The molecule has 3 aromatic carbocycles. The van der Waals surface area contributed by atoms with E-state index in [-0.39, 0.29) is 18.0 Å². The van der Waals surface area contributed by atoms with Gasteiger partial charge in [-0.15, -0.1) is 0 Å². The predicted octanol–water partition coefficient (Wildman–Crippen LogP) is 4.96. The summed E-state index contributed by atoms with van der Waals surface area (Å²) >= 11 is 0. The molecule has 30 heavy (non-hydrogen) atoms. The molecule has 3 N–H and O–H groups in total. The van der Waals surface area contributed by atoms with Crippen LogP contribution in [0.3, 0.4) is 0 Å².